The number of fused-ring (bicyclic) bond motifs is 2. The lowest BCUT2D eigenvalue weighted by Crippen LogP contribution is -2.48. The number of aryl methyl sites for hydroxylation is 1. The topological polar surface area (TPSA) is 101 Å². The van der Waals surface area contributed by atoms with Gasteiger partial charge in [-0.25, -0.2) is 4.39 Å². The van der Waals surface area contributed by atoms with Gasteiger partial charge in [0, 0.05) is 61.9 Å². The van der Waals surface area contributed by atoms with Crippen molar-refractivity contribution in [2.45, 2.75) is 32.3 Å². The molecule has 1 aromatic heterocycles. The molecule has 9 heteroatoms. The number of anilines is 1. The smallest absolute Gasteiger partial charge is 0.256 e. The first-order chi connectivity index (χ1) is 16.8. The molecule has 1 aromatic carbocycles. The lowest BCUT2D eigenvalue weighted by atomic mass is 9.86. The largest absolute Gasteiger partial charge is 0.390 e. The van der Waals surface area contributed by atoms with Crippen molar-refractivity contribution in [3.63, 3.8) is 0 Å². The van der Waals surface area contributed by atoms with Crippen LogP contribution in [0.15, 0.2) is 18.2 Å². The molecule has 0 radical (unpaired) electrons. The molecule has 1 unspecified atom stereocenters. The highest BCUT2D eigenvalue weighted by atomic mass is 19.1. The second-order valence-corrected chi connectivity index (χ2v) is 9.80. The number of β-amino-alcohol motifs (C(OH)–C–C–N with tert-alkyl or cyclic N) is 1. The Kier molecular flexibility index (Phi) is 6.48. The molecule has 3 heterocycles. The monoisotopic (exact) mass is 481 g/mol. The third-order valence-electron chi connectivity index (χ3n) is 7.26. The Morgan fingerprint density at radius 2 is 2.00 bits per heavy atom. The molecule has 35 heavy (non-hydrogen) atoms. The first-order valence-corrected chi connectivity index (χ1v) is 12.2. The molecule has 5 rings (SSSR count). The van der Waals surface area contributed by atoms with E-state index in [4.69, 9.17) is 0 Å². The number of nitrogens with one attached hydrogen (secondary N) is 3. The number of H-pyrrole nitrogens is 1. The van der Waals surface area contributed by atoms with Crippen LogP contribution in [0.1, 0.15) is 45.7 Å². The van der Waals surface area contributed by atoms with Crippen LogP contribution in [-0.4, -0.2) is 84.1 Å². The molecule has 2 aromatic rings. The Morgan fingerprint density at radius 1 is 1.23 bits per heavy atom. The SMILES string of the molecule is Cc1[nH]c2c(c1C(=O)NCC(O)CN1CCN(C)CC1)CCC/C2=C1/C(=O)Nc2ccc(F)cc21. The number of aromatic amines is 1. The van der Waals surface area contributed by atoms with E-state index < -0.39 is 11.9 Å². The van der Waals surface area contributed by atoms with Crippen LogP contribution < -0.4 is 10.6 Å². The van der Waals surface area contributed by atoms with E-state index in [2.05, 4.69) is 32.5 Å². The standard InChI is InChI=1S/C26H32FN5O3/c1-15-22(25(34)28-13-17(33)14-32-10-8-31(2)9-11-32)18-4-3-5-19(24(18)29-15)23-20-12-16(27)6-7-21(20)30-26(23)35/h6-7,12,17,29,33H,3-5,8-11,13-14H2,1-2H3,(H,28,34)(H,30,35)/b23-19-. The number of amides is 2. The predicted octanol–water partition coefficient (Wildman–Crippen LogP) is 2.00. The van der Waals surface area contributed by atoms with E-state index in [1.807, 2.05) is 6.92 Å². The summed E-state index contributed by atoms with van der Waals surface area (Å²) in [6, 6.07) is 4.29. The minimum Gasteiger partial charge on any atom is -0.390 e. The van der Waals surface area contributed by atoms with Crippen molar-refractivity contribution in [1.82, 2.24) is 20.1 Å². The van der Waals surface area contributed by atoms with E-state index in [9.17, 15) is 19.1 Å². The molecule has 4 N–H and O–H groups in total. The molecular formula is C26H32FN5O3. The highest BCUT2D eigenvalue weighted by molar-refractivity contribution is 6.36. The zero-order valence-electron chi connectivity index (χ0n) is 20.2. The summed E-state index contributed by atoms with van der Waals surface area (Å²) in [6.07, 6.45) is 1.51. The molecule has 0 saturated carbocycles. The van der Waals surface area contributed by atoms with E-state index in [-0.39, 0.29) is 18.4 Å². The summed E-state index contributed by atoms with van der Waals surface area (Å²) in [5, 5.41) is 16.2. The zero-order valence-corrected chi connectivity index (χ0v) is 20.2. The summed E-state index contributed by atoms with van der Waals surface area (Å²) in [5.41, 5.74) is 5.38. The molecule has 1 atom stereocenters. The molecule has 0 spiro atoms. The number of aliphatic hydroxyl groups excluding tert-OH is 1. The number of carbonyl (C=O) groups is 2. The molecule has 1 fully saturated rings. The van der Waals surface area contributed by atoms with Crippen molar-refractivity contribution in [3.8, 4) is 0 Å². The maximum atomic E-state index is 14.0. The normalized spacial score (nSPS) is 21.4. The molecular weight excluding hydrogens is 449 g/mol. The highest BCUT2D eigenvalue weighted by Gasteiger charge is 2.33. The van der Waals surface area contributed by atoms with Crippen molar-refractivity contribution < 1.29 is 19.1 Å². The third-order valence-corrected chi connectivity index (χ3v) is 7.26. The van der Waals surface area contributed by atoms with E-state index in [1.54, 1.807) is 6.07 Å². The van der Waals surface area contributed by atoms with Crippen LogP contribution in [-0.2, 0) is 11.2 Å². The number of aromatic nitrogens is 1. The van der Waals surface area contributed by atoms with Gasteiger partial charge in [0.25, 0.3) is 11.8 Å². The van der Waals surface area contributed by atoms with E-state index >= 15 is 0 Å². The number of nitrogens with zero attached hydrogens (tertiary/aromatic N) is 2. The summed E-state index contributed by atoms with van der Waals surface area (Å²) < 4.78 is 14.0. The Balaban J connectivity index is 1.35. The van der Waals surface area contributed by atoms with Crippen molar-refractivity contribution in [2.75, 3.05) is 51.6 Å². The van der Waals surface area contributed by atoms with Crippen LogP contribution >= 0.6 is 0 Å². The van der Waals surface area contributed by atoms with Crippen molar-refractivity contribution in [2.24, 2.45) is 0 Å². The van der Waals surface area contributed by atoms with Gasteiger partial charge in [-0.15, -0.1) is 0 Å². The minimum absolute atomic E-state index is 0.174. The zero-order chi connectivity index (χ0) is 24.7. The molecule has 3 aliphatic rings. The van der Waals surface area contributed by atoms with E-state index in [0.717, 1.165) is 55.1 Å². The average Bonchev–Trinajstić information content (AvgIpc) is 3.34. The lowest BCUT2D eigenvalue weighted by Gasteiger charge is -2.33. The number of likely N-dealkylation sites (N-methyl/N-ethyl adjacent to an activating group) is 1. The summed E-state index contributed by atoms with van der Waals surface area (Å²) in [7, 11) is 2.09. The van der Waals surface area contributed by atoms with Gasteiger partial charge in [-0.1, -0.05) is 0 Å². The Labute approximate surface area is 204 Å². The molecule has 8 nitrogen and oxygen atoms in total. The maximum absolute atomic E-state index is 14.0. The fourth-order valence-corrected chi connectivity index (χ4v) is 5.44. The summed E-state index contributed by atoms with van der Waals surface area (Å²) in [4.78, 5) is 33.8. The number of halogens is 1. The number of carbonyl (C=O) groups excluding carboxylic acids is 2. The van der Waals surface area contributed by atoms with Crippen molar-refractivity contribution in [3.05, 3.63) is 52.1 Å². The third kappa shape index (κ3) is 4.63. The van der Waals surface area contributed by atoms with Gasteiger partial charge >= 0.3 is 0 Å². The minimum atomic E-state index is -0.649. The molecule has 0 bridgehead atoms. The fraction of sp³-hybridized carbons (Fsp3) is 0.462. The second-order valence-electron chi connectivity index (χ2n) is 9.80. The molecule has 1 saturated heterocycles. The number of rotatable bonds is 5. The first kappa shape index (κ1) is 23.7. The number of allylic oxidation sites excluding steroid dienone is 1. The predicted molar refractivity (Wildman–Crippen MR) is 133 cm³/mol. The van der Waals surface area contributed by atoms with E-state index in [0.29, 0.717) is 41.8 Å². The van der Waals surface area contributed by atoms with Gasteiger partial charge in [0.05, 0.1) is 17.2 Å². The molecule has 2 amide bonds. The molecule has 1 aliphatic carbocycles. The Morgan fingerprint density at radius 3 is 2.77 bits per heavy atom. The van der Waals surface area contributed by atoms with Crippen LogP contribution in [0.25, 0.3) is 11.1 Å². The van der Waals surface area contributed by atoms with Crippen LogP contribution in [0.5, 0.6) is 0 Å². The van der Waals surface area contributed by atoms with Gasteiger partial charge in [0.1, 0.15) is 5.82 Å². The fourth-order valence-electron chi connectivity index (χ4n) is 5.44. The summed E-state index contributed by atoms with van der Waals surface area (Å²) in [6.45, 7) is 6.31. The Hall–Kier alpha value is -3.01. The second kappa shape index (κ2) is 9.56. The lowest BCUT2D eigenvalue weighted by molar-refractivity contribution is -0.110. The van der Waals surface area contributed by atoms with Gasteiger partial charge < -0.3 is 25.6 Å². The summed E-state index contributed by atoms with van der Waals surface area (Å²) in [5.74, 6) is -0.878. The van der Waals surface area contributed by atoms with Gasteiger partial charge in [0.2, 0.25) is 0 Å². The van der Waals surface area contributed by atoms with Crippen LogP contribution in [0.2, 0.25) is 0 Å². The first-order valence-electron chi connectivity index (χ1n) is 12.2. The van der Waals surface area contributed by atoms with E-state index in [1.165, 1.54) is 12.1 Å². The van der Waals surface area contributed by atoms with Crippen LogP contribution in [0.4, 0.5) is 10.1 Å². The average molecular weight is 482 g/mol. The Bertz CT molecular complexity index is 1200. The quantitative estimate of drug-likeness (QED) is 0.490. The number of hydrogen-bond donors (Lipinski definition) is 4. The van der Waals surface area contributed by atoms with Crippen LogP contribution in [0.3, 0.4) is 0 Å². The number of hydrogen-bond acceptors (Lipinski definition) is 5. The number of piperazine rings is 1. The number of benzene rings is 1. The summed E-state index contributed by atoms with van der Waals surface area (Å²) >= 11 is 0. The molecule has 186 valence electrons. The van der Waals surface area contributed by atoms with Gasteiger partial charge in [-0.3, -0.25) is 14.5 Å². The van der Waals surface area contributed by atoms with Gasteiger partial charge in [0.15, 0.2) is 0 Å². The van der Waals surface area contributed by atoms with Crippen molar-refractivity contribution in [1.29, 1.82) is 0 Å². The number of aliphatic hydroxyl groups is 1. The van der Waals surface area contributed by atoms with Gasteiger partial charge in [-0.2, -0.15) is 0 Å². The molecule has 2 aliphatic heterocycles. The maximum Gasteiger partial charge on any atom is 0.256 e. The van der Waals surface area contributed by atoms with Crippen molar-refractivity contribution >= 4 is 28.6 Å². The van der Waals surface area contributed by atoms with Crippen LogP contribution in [0, 0.1) is 12.7 Å². The highest BCUT2D eigenvalue weighted by Crippen LogP contribution is 2.43. The van der Waals surface area contributed by atoms with Gasteiger partial charge in [-0.05, 0) is 62.6 Å².